The van der Waals surface area contributed by atoms with Crippen molar-refractivity contribution in [1.82, 2.24) is 14.5 Å². The monoisotopic (exact) mass is 393 g/mol. The largest absolute Gasteiger partial charge is 0.341 e. The Morgan fingerprint density at radius 3 is 2.54 bits per heavy atom. The minimum atomic E-state index is 0.00881. The fourth-order valence-corrected chi connectivity index (χ4v) is 5.82. The van der Waals surface area contributed by atoms with E-state index in [1.54, 1.807) is 15.9 Å². The molecule has 0 bridgehead atoms. The third-order valence-corrected chi connectivity index (χ3v) is 7.18. The standard InChI is InChI=1S/C19H27N3O2S2/c1-6-22-18(24)16-13(4)14(5)26-17(16)20-19(22)25-10-15(23)21-8-11(2)7-12(3)9-21/h11-12H,6-10H2,1-5H3/t11-,12-/m1/s1. The van der Waals surface area contributed by atoms with Gasteiger partial charge in [0.2, 0.25) is 5.91 Å². The van der Waals surface area contributed by atoms with Crippen molar-refractivity contribution in [2.45, 2.75) is 52.7 Å². The van der Waals surface area contributed by atoms with Crippen molar-refractivity contribution >= 4 is 39.2 Å². The smallest absolute Gasteiger partial charge is 0.263 e. The van der Waals surface area contributed by atoms with Crippen LogP contribution in [0, 0.1) is 25.7 Å². The third kappa shape index (κ3) is 3.69. The number of nitrogens with zero attached hydrogens (tertiary/aromatic N) is 3. The molecule has 1 aliphatic heterocycles. The molecule has 1 amide bonds. The summed E-state index contributed by atoms with van der Waals surface area (Å²) in [4.78, 5) is 34.1. The molecule has 2 aromatic rings. The summed E-state index contributed by atoms with van der Waals surface area (Å²) in [6.07, 6.45) is 1.18. The Kier molecular flexibility index (Phi) is 5.77. The molecule has 0 unspecified atom stereocenters. The zero-order valence-electron chi connectivity index (χ0n) is 16.2. The lowest BCUT2D eigenvalue weighted by Gasteiger charge is -2.35. The lowest BCUT2D eigenvalue weighted by Crippen LogP contribution is -2.43. The van der Waals surface area contributed by atoms with E-state index in [0.29, 0.717) is 29.3 Å². The minimum absolute atomic E-state index is 0.00881. The van der Waals surface area contributed by atoms with Crippen LogP contribution in [0.4, 0.5) is 0 Å². The van der Waals surface area contributed by atoms with Crippen molar-refractivity contribution in [1.29, 1.82) is 0 Å². The first-order chi connectivity index (χ1) is 12.3. The summed E-state index contributed by atoms with van der Waals surface area (Å²) in [7, 11) is 0. The second-order valence-corrected chi connectivity index (χ2v) is 9.59. The molecule has 0 aliphatic carbocycles. The van der Waals surface area contributed by atoms with E-state index in [4.69, 9.17) is 4.98 Å². The number of hydrogen-bond donors (Lipinski definition) is 0. The van der Waals surface area contributed by atoms with Crippen molar-refractivity contribution < 1.29 is 4.79 Å². The molecule has 2 atom stereocenters. The number of aromatic nitrogens is 2. The van der Waals surface area contributed by atoms with Gasteiger partial charge in [0, 0.05) is 24.5 Å². The van der Waals surface area contributed by atoms with Crippen LogP contribution in [-0.2, 0) is 11.3 Å². The van der Waals surface area contributed by atoms with Crippen LogP contribution in [0.2, 0.25) is 0 Å². The van der Waals surface area contributed by atoms with Crippen molar-refractivity contribution in [3.63, 3.8) is 0 Å². The van der Waals surface area contributed by atoms with E-state index in [-0.39, 0.29) is 11.5 Å². The van der Waals surface area contributed by atoms with Crippen molar-refractivity contribution in [3.8, 4) is 0 Å². The van der Waals surface area contributed by atoms with E-state index in [1.807, 2.05) is 25.7 Å². The van der Waals surface area contributed by atoms with Crippen molar-refractivity contribution in [3.05, 3.63) is 20.8 Å². The lowest BCUT2D eigenvalue weighted by molar-refractivity contribution is -0.130. The van der Waals surface area contributed by atoms with Crippen molar-refractivity contribution in [2.75, 3.05) is 18.8 Å². The first kappa shape index (κ1) is 19.4. The van der Waals surface area contributed by atoms with Crippen LogP contribution < -0.4 is 5.56 Å². The number of thiophene rings is 1. The van der Waals surface area contributed by atoms with Gasteiger partial charge in [0.25, 0.3) is 5.56 Å². The van der Waals surface area contributed by atoms with Crippen LogP contribution in [0.5, 0.6) is 0 Å². The molecule has 142 valence electrons. The van der Waals surface area contributed by atoms with Crippen LogP contribution in [0.25, 0.3) is 10.2 Å². The van der Waals surface area contributed by atoms with E-state index >= 15 is 0 Å². The Bertz CT molecular complexity index is 877. The second kappa shape index (κ2) is 7.72. The summed E-state index contributed by atoms with van der Waals surface area (Å²) in [5.74, 6) is 1.57. The Morgan fingerprint density at radius 2 is 1.92 bits per heavy atom. The molecule has 1 saturated heterocycles. The maximum atomic E-state index is 12.9. The van der Waals surface area contributed by atoms with Crippen LogP contribution in [0.3, 0.4) is 0 Å². The molecule has 0 saturated carbocycles. The second-order valence-electron chi connectivity index (χ2n) is 7.44. The summed E-state index contributed by atoms with van der Waals surface area (Å²) in [6, 6.07) is 0. The molecule has 2 aromatic heterocycles. The van der Waals surface area contributed by atoms with E-state index in [1.165, 1.54) is 18.2 Å². The Balaban J connectivity index is 1.82. The lowest BCUT2D eigenvalue weighted by atomic mass is 9.92. The topological polar surface area (TPSA) is 55.2 Å². The fourth-order valence-electron chi connectivity index (χ4n) is 3.78. The molecule has 3 heterocycles. The predicted molar refractivity (Wildman–Crippen MR) is 109 cm³/mol. The average Bonchev–Trinajstić information content (AvgIpc) is 2.86. The number of carbonyl (C=O) groups excluding carboxylic acids is 1. The van der Waals surface area contributed by atoms with Gasteiger partial charge in [-0.2, -0.15) is 0 Å². The van der Waals surface area contributed by atoms with E-state index in [9.17, 15) is 9.59 Å². The molecule has 0 radical (unpaired) electrons. The van der Waals surface area contributed by atoms with Gasteiger partial charge in [-0.25, -0.2) is 4.98 Å². The van der Waals surface area contributed by atoms with E-state index < -0.39 is 0 Å². The SMILES string of the molecule is CCn1c(SCC(=O)N2C[C@H](C)C[C@@H](C)C2)nc2sc(C)c(C)c2c1=O. The Hall–Kier alpha value is -1.34. The minimum Gasteiger partial charge on any atom is -0.341 e. The highest BCUT2D eigenvalue weighted by Crippen LogP contribution is 2.29. The summed E-state index contributed by atoms with van der Waals surface area (Å²) < 4.78 is 1.70. The van der Waals surface area contributed by atoms with Crippen LogP contribution >= 0.6 is 23.1 Å². The van der Waals surface area contributed by atoms with Gasteiger partial charge in [-0.3, -0.25) is 14.2 Å². The number of fused-ring (bicyclic) bond motifs is 1. The highest BCUT2D eigenvalue weighted by Gasteiger charge is 2.26. The molecule has 1 fully saturated rings. The molecule has 0 N–H and O–H groups in total. The number of amides is 1. The first-order valence-electron chi connectivity index (χ1n) is 9.22. The molecule has 0 aromatic carbocycles. The fraction of sp³-hybridized carbons (Fsp3) is 0.632. The average molecular weight is 394 g/mol. The maximum Gasteiger partial charge on any atom is 0.263 e. The Morgan fingerprint density at radius 1 is 1.27 bits per heavy atom. The molecular formula is C19H27N3O2S2. The summed E-state index contributed by atoms with van der Waals surface area (Å²) >= 11 is 2.94. The molecule has 3 rings (SSSR count). The maximum absolute atomic E-state index is 12.9. The van der Waals surface area contributed by atoms with Crippen LogP contribution in [0.1, 0.15) is 37.6 Å². The van der Waals surface area contributed by atoms with Gasteiger partial charge in [0.05, 0.1) is 11.1 Å². The van der Waals surface area contributed by atoms with Gasteiger partial charge in [0.15, 0.2) is 5.16 Å². The van der Waals surface area contributed by atoms with Crippen LogP contribution in [0.15, 0.2) is 9.95 Å². The molecule has 5 nitrogen and oxygen atoms in total. The summed E-state index contributed by atoms with van der Waals surface area (Å²) in [5.41, 5.74) is 1.03. The predicted octanol–water partition coefficient (Wildman–Crippen LogP) is 3.69. The zero-order valence-corrected chi connectivity index (χ0v) is 17.8. The quantitative estimate of drug-likeness (QED) is 0.587. The number of likely N-dealkylation sites (tertiary alicyclic amines) is 1. The number of carbonyl (C=O) groups is 1. The van der Waals surface area contributed by atoms with E-state index in [2.05, 4.69) is 13.8 Å². The molecule has 1 aliphatic rings. The van der Waals surface area contributed by atoms with Gasteiger partial charge in [-0.1, -0.05) is 25.6 Å². The summed E-state index contributed by atoms with van der Waals surface area (Å²) in [5, 5.41) is 1.38. The first-order valence-corrected chi connectivity index (χ1v) is 11.0. The van der Waals surface area contributed by atoms with Gasteiger partial charge < -0.3 is 4.90 Å². The third-order valence-electron chi connectivity index (χ3n) is 5.12. The van der Waals surface area contributed by atoms with Gasteiger partial charge in [-0.15, -0.1) is 11.3 Å². The van der Waals surface area contributed by atoms with Crippen LogP contribution in [-0.4, -0.2) is 39.2 Å². The number of thioether (sulfide) groups is 1. The van der Waals surface area contributed by atoms with Gasteiger partial charge in [0.1, 0.15) is 4.83 Å². The normalized spacial score (nSPS) is 20.7. The zero-order chi connectivity index (χ0) is 19.0. The molecule has 26 heavy (non-hydrogen) atoms. The van der Waals surface area contributed by atoms with Gasteiger partial charge >= 0.3 is 0 Å². The van der Waals surface area contributed by atoms with E-state index in [0.717, 1.165) is 33.7 Å². The molecular weight excluding hydrogens is 366 g/mol. The molecule has 0 spiro atoms. The summed E-state index contributed by atoms with van der Waals surface area (Å²) in [6.45, 7) is 12.6. The van der Waals surface area contributed by atoms with Crippen molar-refractivity contribution in [2.24, 2.45) is 11.8 Å². The number of hydrogen-bond acceptors (Lipinski definition) is 5. The number of aryl methyl sites for hydroxylation is 2. The Labute approximate surface area is 162 Å². The molecule has 7 heteroatoms. The highest BCUT2D eigenvalue weighted by atomic mass is 32.2. The van der Waals surface area contributed by atoms with Gasteiger partial charge in [-0.05, 0) is 44.6 Å². The number of piperidine rings is 1. The number of rotatable bonds is 4. The highest BCUT2D eigenvalue weighted by molar-refractivity contribution is 7.99.